The van der Waals surface area contributed by atoms with E-state index in [0.29, 0.717) is 5.70 Å². The Kier molecular flexibility index (Phi) is 1.53. The van der Waals surface area contributed by atoms with Gasteiger partial charge in [-0.1, -0.05) is 0 Å². The van der Waals surface area contributed by atoms with Crippen LogP contribution >= 0.6 is 0 Å². The SMILES string of the molecule is CC(=O)C1=CC=CNN1. The van der Waals surface area contributed by atoms with Crippen molar-refractivity contribution in [3.8, 4) is 0 Å². The van der Waals surface area contributed by atoms with Crippen molar-refractivity contribution >= 4 is 5.78 Å². The number of ketones is 1. The van der Waals surface area contributed by atoms with Crippen LogP contribution in [0, 0.1) is 0 Å². The highest BCUT2D eigenvalue weighted by Gasteiger charge is 2.00. The van der Waals surface area contributed by atoms with Crippen molar-refractivity contribution in [1.29, 1.82) is 0 Å². The van der Waals surface area contributed by atoms with Gasteiger partial charge in [0.25, 0.3) is 0 Å². The van der Waals surface area contributed by atoms with Crippen LogP contribution in [0.3, 0.4) is 0 Å². The molecule has 0 spiro atoms. The largest absolute Gasteiger partial charge is 0.308 e. The number of hydrogen-bond donors (Lipinski definition) is 2. The Bertz CT molecular complexity index is 181. The fourth-order valence-electron chi connectivity index (χ4n) is 0.559. The highest BCUT2D eigenvalue weighted by molar-refractivity contribution is 5.92. The Morgan fingerprint density at radius 1 is 1.67 bits per heavy atom. The lowest BCUT2D eigenvalue weighted by Crippen LogP contribution is -2.31. The number of hydrazine groups is 1. The number of nitrogens with one attached hydrogen (secondary N) is 2. The molecule has 0 atom stereocenters. The van der Waals surface area contributed by atoms with Crippen LogP contribution in [0.15, 0.2) is 24.0 Å². The van der Waals surface area contributed by atoms with Gasteiger partial charge in [-0.15, -0.1) is 0 Å². The van der Waals surface area contributed by atoms with Gasteiger partial charge in [0.1, 0.15) is 0 Å². The van der Waals surface area contributed by atoms with Gasteiger partial charge >= 0.3 is 0 Å². The fourth-order valence-corrected chi connectivity index (χ4v) is 0.559. The molecule has 1 heterocycles. The van der Waals surface area contributed by atoms with E-state index in [1.54, 1.807) is 18.4 Å². The molecule has 2 N–H and O–H groups in total. The molecule has 9 heavy (non-hydrogen) atoms. The molecule has 0 aliphatic carbocycles. The van der Waals surface area contributed by atoms with E-state index in [1.807, 2.05) is 0 Å². The number of carbonyl (C=O) groups is 1. The number of carbonyl (C=O) groups excluding carboxylic acids is 1. The molecule has 0 amide bonds. The molecule has 0 unspecified atom stereocenters. The highest BCUT2D eigenvalue weighted by Crippen LogP contribution is 1.92. The number of Topliss-reactive ketones (excluding diaryl/α,β-unsaturated/α-hetero) is 1. The van der Waals surface area contributed by atoms with Gasteiger partial charge in [-0.25, -0.2) is 0 Å². The first-order chi connectivity index (χ1) is 4.30. The Morgan fingerprint density at radius 3 is 2.78 bits per heavy atom. The van der Waals surface area contributed by atoms with E-state index in [0.717, 1.165) is 0 Å². The lowest BCUT2D eigenvalue weighted by Gasteiger charge is -2.09. The van der Waals surface area contributed by atoms with Gasteiger partial charge in [0.15, 0.2) is 5.78 Å². The van der Waals surface area contributed by atoms with Gasteiger partial charge < -0.3 is 5.43 Å². The summed E-state index contributed by atoms with van der Waals surface area (Å²) in [6.45, 7) is 1.51. The summed E-state index contributed by atoms with van der Waals surface area (Å²) in [7, 11) is 0. The van der Waals surface area contributed by atoms with Crippen molar-refractivity contribution < 1.29 is 4.79 Å². The summed E-state index contributed by atoms with van der Waals surface area (Å²) >= 11 is 0. The van der Waals surface area contributed by atoms with Crippen molar-refractivity contribution in [1.82, 2.24) is 10.9 Å². The topological polar surface area (TPSA) is 41.1 Å². The predicted molar refractivity (Wildman–Crippen MR) is 34.2 cm³/mol. The number of rotatable bonds is 1. The maximum atomic E-state index is 10.6. The fraction of sp³-hybridized carbons (Fsp3) is 0.167. The van der Waals surface area contributed by atoms with Crippen LogP contribution in [0.5, 0.6) is 0 Å². The van der Waals surface area contributed by atoms with Crippen LogP contribution in [0.25, 0.3) is 0 Å². The molecule has 3 nitrogen and oxygen atoms in total. The molecule has 0 saturated heterocycles. The van der Waals surface area contributed by atoms with Crippen LogP contribution in [-0.2, 0) is 4.79 Å². The standard InChI is InChI=1S/C6H8N2O/c1-5(9)6-3-2-4-7-8-6/h2-4,7-8H,1H3. The minimum absolute atomic E-state index is 0.0341. The Labute approximate surface area is 53.4 Å². The number of hydrogen-bond acceptors (Lipinski definition) is 3. The minimum Gasteiger partial charge on any atom is -0.308 e. The van der Waals surface area contributed by atoms with Crippen LogP contribution in [-0.4, -0.2) is 5.78 Å². The van der Waals surface area contributed by atoms with Gasteiger partial charge in [-0.2, -0.15) is 0 Å². The van der Waals surface area contributed by atoms with E-state index < -0.39 is 0 Å². The first-order valence-corrected chi connectivity index (χ1v) is 2.70. The van der Waals surface area contributed by atoms with E-state index in [4.69, 9.17) is 0 Å². The maximum absolute atomic E-state index is 10.6. The summed E-state index contributed by atoms with van der Waals surface area (Å²) in [5.74, 6) is 0.0341. The lowest BCUT2D eigenvalue weighted by molar-refractivity contribution is -0.114. The van der Waals surface area contributed by atoms with E-state index in [1.165, 1.54) is 6.92 Å². The lowest BCUT2D eigenvalue weighted by atomic mass is 10.3. The molecular weight excluding hydrogens is 116 g/mol. The summed E-state index contributed by atoms with van der Waals surface area (Å²) < 4.78 is 0. The normalized spacial score (nSPS) is 15.4. The Balaban J connectivity index is 2.68. The molecular formula is C6H8N2O. The molecule has 48 valence electrons. The van der Waals surface area contributed by atoms with Gasteiger partial charge in [0, 0.05) is 13.1 Å². The summed E-state index contributed by atoms with van der Waals surface area (Å²) in [4.78, 5) is 10.6. The average Bonchev–Trinajstić information content (AvgIpc) is 1.90. The van der Waals surface area contributed by atoms with Gasteiger partial charge in [0.05, 0.1) is 5.70 Å². The molecule has 0 bridgehead atoms. The summed E-state index contributed by atoms with van der Waals surface area (Å²) in [5.41, 5.74) is 5.98. The zero-order valence-corrected chi connectivity index (χ0v) is 5.14. The second kappa shape index (κ2) is 2.35. The second-order valence-corrected chi connectivity index (χ2v) is 1.76. The first-order valence-electron chi connectivity index (χ1n) is 2.70. The Hall–Kier alpha value is -1.25. The van der Waals surface area contributed by atoms with Crippen LogP contribution in [0.1, 0.15) is 6.92 Å². The maximum Gasteiger partial charge on any atom is 0.177 e. The molecule has 3 heteroatoms. The first kappa shape index (κ1) is 5.88. The third-order valence-corrected chi connectivity index (χ3v) is 1.03. The summed E-state index contributed by atoms with van der Waals surface area (Å²) in [6.07, 6.45) is 5.21. The molecule has 0 fully saturated rings. The zero-order valence-electron chi connectivity index (χ0n) is 5.14. The number of allylic oxidation sites excluding steroid dienone is 3. The van der Waals surface area contributed by atoms with Gasteiger partial charge in [-0.3, -0.25) is 10.2 Å². The smallest absolute Gasteiger partial charge is 0.177 e. The third kappa shape index (κ3) is 1.32. The average molecular weight is 124 g/mol. The van der Waals surface area contributed by atoms with E-state index in [9.17, 15) is 4.79 Å². The quantitative estimate of drug-likeness (QED) is 0.520. The molecule has 0 aromatic rings. The Morgan fingerprint density at radius 2 is 2.44 bits per heavy atom. The highest BCUT2D eigenvalue weighted by atomic mass is 16.1. The molecule has 1 aliphatic heterocycles. The summed E-state index contributed by atoms with van der Waals surface area (Å²) in [5, 5.41) is 0. The van der Waals surface area contributed by atoms with Crippen LogP contribution in [0.4, 0.5) is 0 Å². The van der Waals surface area contributed by atoms with Gasteiger partial charge in [-0.05, 0) is 12.2 Å². The van der Waals surface area contributed by atoms with Crippen LogP contribution < -0.4 is 10.9 Å². The second-order valence-electron chi connectivity index (χ2n) is 1.76. The monoisotopic (exact) mass is 124 g/mol. The molecule has 0 aromatic heterocycles. The molecule has 0 saturated carbocycles. The third-order valence-electron chi connectivity index (χ3n) is 1.03. The molecule has 1 aliphatic rings. The van der Waals surface area contributed by atoms with E-state index in [-0.39, 0.29) is 5.78 Å². The molecule has 1 rings (SSSR count). The van der Waals surface area contributed by atoms with Crippen molar-refractivity contribution in [2.24, 2.45) is 0 Å². The molecule has 0 aromatic carbocycles. The van der Waals surface area contributed by atoms with Gasteiger partial charge in [0.2, 0.25) is 0 Å². The zero-order chi connectivity index (χ0) is 6.69. The van der Waals surface area contributed by atoms with Crippen molar-refractivity contribution in [2.75, 3.05) is 0 Å². The van der Waals surface area contributed by atoms with Crippen molar-refractivity contribution in [2.45, 2.75) is 6.92 Å². The van der Waals surface area contributed by atoms with E-state index >= 15 is 0 Å². The molecule has 0 radical (unpaired) electrons. The summed E-state index contributed by atoms with van der Waals surface area (Å²) in [6, 6.07) is 0. The van der Waals surface area contributed by atoms with E-state index in [2.05, 4.69) is 10.9 Å². The predicted octanol–water partition coefficient (Wildman–Crippen LogP) is 0.0808. The van der Waals surface area contributed by atoms with Crippen molar-refractivity contribution in [3.63, 3.8) is 0 Å². The van der Waals surface area contributed by atoms with Crippen LogP contribution in [0.2, 0.25) is 0 Å². The van der Waals surface area contributed by atoms with Crippen molar-refractivity contribution in [3.05, 3.63) is 24.0 Å². The minimum atomic E-state index is 0.0341.